The van der Waals surface area contributed by atoms with Crippen molar-refractivity contribution in [2.45, 2.75) is 0 Å². The third kappa shape index (κ3) is 3.21. The summed E-state index contributed by atoms with van der Waals surface area (Å²) in [4.78, 5) is 3.74. The third-order valence-corrected chi connectivity index (χ3v) is 8.53. The van der Waals surface area contributed by atoms with E-state index in [-0.39, 0.29) is 0 Å². The maximum absolute atomic E-state index is 7.65. The summed E-state index contributed by atoms with van der Waals surface area (Å²) in [5, 5.41) is 9.19. The third-order valence-electron chi connectivity index (χ3n) is 8.53. The fourth-order valence-corrected chi connectivity index (χ4v) is 6.63. The Labute approximate surface area is 241 Å². The average Bonchev–Trinajstić information content (AvgIpc) is 3.58. The van der Waals surface area contributed by atoms with Gasteiger partial charge in [0, 0.05) is 27.4 Å². The summed E-state index contributed by atoms with van der Waals surface area (Å²) in [5.74, 6) is 0. The highest BCUT2D eigenvalue weighted by Crippen LogP contribution is 2.43. The first-order chi connectivity index (χ1) is 20.8. The van der Waals surface area contributed by atoms with E-state index in [2.05, 4.69) is 125 Å². The normalized spacial score (nSPS) is 11.8. The molecule has 0 atom stereocenters. The molecule has 9 aromatic rings. The van der Waals surface area contributed by atoms with Gasteiger partial charge in [-0.2, -0.15) is 0 Å². The second-order valence-electron chi connectivity index (χ2n) is 10.9. The van der Waals surface area contributed by atoms with Gasteiger partial charge in [-0.3, -0.25) is 0 Å². The number of benzene rings is 7. The van der Waals surface area contributed by atoms with E-state index in [9.17, 15) is 0 Å². The van der Waals surface area contributed by atoms with Crippen molar-refractivity contribution in [3.05, 3.63) is 145 Å². The minimum atomic E-state index is 0.637. The number of hydrogen-bond acceptors (Lipinski definition) is 1. The molecule has 0 amide bonds. The quantitative estimate of drug-likeness (QED) is 0.202. The molecule has 3 heteroatoms. The Kier molecular flexibility index (Phi) is 4.68. The van der Waals surface area contributed by atoms with Crippen LogP contribution < -0.4 is 0 Å². The summed E-state index contributed by atoms with van der Waals surface area (Å²) < 4.78 is 9.00. The second-order valence-corrected chi connectivity index (χ2v) is 10.9. The molecule has 0 unspecified atom stereocenters. The van der Waals surface area contributed by atoms with E-state index in [0.29, 0.717) is 5.69 Å². The zero-order valence-electron chi connectivity index (χ0n) is 22.5. The Hall–Kier alpha value is -5.85. The van der Waals surface area contributed by atoms with E-state index in [1.54, 1.807) is 0 Å². The lowest BCUT2D eigenvalue weighted by atomic mass is 9.95. The standard InChI is InChI=1S/C39H22N2O/c1-40-28-16-18-36-33(23-28)32-21-27(15-17-35(32)41(36)29-12-3-2-4-13-29)31-20-26-11-7-8-14-30(26)38-34-19-24-9-5-6-10-25(24)22-37(34)42-39(31)38/h2-23H. The van der Waals surface area contributed by atoms with Crippen LogP contribution in [0.3, 0.4) is 0 Å². The van der Waals surface area contributed by atoms with Crippen LogP contribution in [-0.2, 0) is 0 Å². The Balaban J connectivity index is 1.39. The van der Waals surface area contributed by atoms with Crippen molar-refractivity contribution in [2.75, 3.05) is 0 Å². The highest BCUT2D eigenvalue weighted by molar-refractivity contribution is 6.24. The SMILES string of the molecule is [C-]#[N+]c1ccc2c(c1)c1cc(-c3cc4ccccc4c4c3oc3cc5ccccc5cc34)ccc1n2-c1ccccc1. The molecule has 0 fully saturated rings. The van der Waals surface area contributed by atoms with Crippen molar-refractivity contribution in [3.63, 3.8) is 0 Å². The highest BCUT2D eigenvalue weighted by atomic mass is 16.3. The van der Waals surface area contributed by atoms with Gasteiger partial charge in [-0.1, -0.05) is 78.9 Å². The lowest BCUT2D eigenvalue weighted by molar-refractivity contribution is 0.671. The van der Waals surface area contributed by atoms with Gasteiger partial charge in [-0.05, 0) is 87.1 Å². The van der Waals surface area contributed by atoms with Crippen LogP contribution in [0.2, 0.25) is 0 Å². The maximum Gasteiger partial charge on any atom is 0.188 e. The zero-order valence-corrected chi connectivity index (χ0v) is 22.5. The molecule has 42 heavy (non-hydrogen) atoms. The van der Waals surface area contributed by atoms with Crippen LogP contribution >= 0.6 is 0 Å². The monoisotopic (exact) mass is 534 g/mol. The zero-order chi connectivity index (χ0) is 27.8. The first-order valence-electron chi connectivity index (χ1n) is 14.0. The van der Waals surface area contributed by atoms with E-state index >= 15 is 0 Å². The van der Waals surface area contributed by atoms with Crippen molar-refractivity contribution in [3.8, 4) is 16.8 Å². The van der Waals surface area contributed by atoms with Crippen LogP contribution in [0.1, 0.15) is 0 Å². The molecule has 0 saturated carbocycles. The van der Waals surface area contributed by atoms with Crippen molar-refractivity contribution in [2.24, 2.45) is 0 Å². The smallest absolute Gasteiger partial charge is 0.188 e. The molecule has 0 radical (unpaired) electrons. The molecule has 0 bridgehead atoms. The van der Waals surface area contributed by atoms with E-state index < -0.39 is 0 Å². The minimum Gasteiger partial charge on any atom is -0.455 e. The van der Waals surface area contributed by atoms with Crippen LogP contribution in [-0.4, -0.2) is 4.57 Å². The first-order valence-corrected chi connectivity index (χ1v) is 14.0. The molecule has 2 aromatic heterocycles. The van der Waals surface area contributed by atoms with Crippen LogP contribution in [0.25, 0.3) is 86.9 Å². The van der Waals surface area contributed by atoms with Crippen LogP contribution in [0, 0.1) is 6.57 Å². The molecular weight excluding hydrogens is 512 g/mol. The molecule has 0 aliphatic heterocycles. The Morgan fingerprint density at radius 1 is 0.548 bits per heavy atom. The highest BCUT2D eigenvalue weighted by Gasteiger charge is 2.19. The molecule has 9 rings (SSSR count). The van der Waals surface area contributed by atoms with E-state index in [4.69, 9.17) is 11.0 Å². The molecule has 0 spiro atoms. The lowest BCUT2D eigenvalue weighted by Crippen LogP contribution is -1.92. The van der Waals surface area contributed by atoms with Gasteiger partial charge >= 0.3 is 0 Å². The molecule has 194 valence electrons. The van der Waals surface area contributed by atoms with Gasteiger partial charge in [0.1, 0.15) is 11.2 Å². The molecule has 7 aromatic carbocycles. The second kappa shape index (κ2) is 8.57. The predicted octanol–water partition coefficient (Wildman–Crippen LogP) is 11.2. The molecule has 0 aliphatic carbocycles. The maximum atomic E-state index is 7.65. The summed E-state index contributed by atoms with van der Waals surface area (Å²) in [6.45, 7) is 7.65. The summed E-state index contributed by atoms with van der Waals surface area (Å²) in [7, 11) is 0. The Morgan fingerprint density at radius 3 is 2.05 bits per heavy atom. The largest absolute Gasteiger partial charge is 0.455 e. The van der Waals surface area contributed by atoms with Crippen molar-refractivity contribution < 1.29 is 4.42 Å². The number of rotatable bonds is 2. The summed E-state index contributed by atoms with van der Waals surface area (Å²) in [5.41, 5.74) is 7.86. The number of furan rings is 1. The van der Waals surface area contributed by atoms with Gasteiger partial charge in [0.25, 0.3) is 0 Å². The van der Waals surface area contributed by atoms with Gasteiger partial charge < -0.3 is 8.98 Å². The summed E-state index contributed by atoms with van der Waals surface area (Å²) in [6, 6.07) is 46.7. The van der Waals surface area contributed by atoms with E-state index in [1.165, 1.54) is 21.5 Å². The molecular formula is C39H22N2O. The van der Waals surface area contributed by atoms with Gasteiger partial charge in [0.15, 0.2) is 5.69 Å². The molecule has 3 nitrogen and oxygen atoms in total. The van der Waals surface area contributed by atoms with Crippen LogP contribution in [0.4, 0.5) is 5.69 Å². The number of nitrogens with zero attached hydrogens (tertiary/aromatic N) is 2. The fraction of sp³-hybridized carbons (Fsp3) is 0. The number of para-hydroxylation sites is 1. The van der Waals surface area contributed by atoms with E-state index in [0.717, 1.165) is 60.6 Å². The minimum absolute atomic E-state index is 0.637. The number of fused-ring (bicyclic) bond motifs is 9. The van der Waals surface area contributed by atoms with Crippen LogP contribution in [0.15, 0.2) is 138 Å². The van der Waals surface area contributed by atoms with Crippen molar-refractivity contribution in [1.29, 1.82) is 0 Å². The fourth-order valence-electron chi connectivity index (χ4n) is 6.63. The van der Waals surface area contributed by atoms with Gasteiger partial charge in [-0.25, -0.2) is 4.85 Å². The van der Waals surface area contributed by atoms with Gasteiger partial charge in [-0.15, -0.1) is 0 Å². The van der Waals surface area contributed by atoms with Gasteiger partial charge in [0.05, 0.1) is 17.6 Å². The van der Waals surface area contributed by atoms with Crippen molar-refractivity contribution in [1.82, 2.24) is 4.57 Å². The van der Waals surface area contributed by atoms with Gasteiger partial charge in [0.2, 0.25) is 0 Å². The Bertz CT molecular complexity index is 2580. The lowest BCUT2D eigenvalue weighted by Gasteiger charge is -2.09. The first kappa shape index (κ1) is 22.9. The topological polar surface area (TPSA) is 22.4 Å². The van der Waals surface area contributed by atoms with Crippen molar-refractivity contribution >= 4 is 71.0 Å². The molecule has 0 N–H and O–H groups in total. The molecule has 0 aliphatic rings. The summed E-state index contributed by atoms with van der Waals surface area (Å²) >= 11 is 0. The van der Waals surface area contributed by atoms with E-state index in [1.807, 2.05) is 18.2 Å². The molecule has 2 heterocycles. The predicted molar refractivity (Wildman–Crippen MR) is 175 cm³/mol. The number of aromatic nitrogens is 1. The molecule has 0 saturated heterocycles. The summed E-state index contributed by atoms with van der Waals surface area (Å²) in [6.07, 6.45) is 0. The number of hydrogen-bond donors (Lipinski definition) is 0. The van der Waals surface area contributed by atoms with Crippen LogP contribution in [0.5, 0.6) is 0 Å². The Morgan fingerprint density at radius 2 is 1.24 bits per heavy atom. The average molecular weight is 535 g/mol.